The quantitative estimate of drug-likeness (QED) is 0.873. The van der Waals surface area contributed by atoms with Crippen molar-refractivity contribution in [3.8, 4) is 0 Å². The molecule has 2 aliphatic rings. The summed E-state index contributed by atoms with van der Waals surface area (Å²) < 4.78 is 1.29. The van der Waals surface area contributed by atoms with E-state index in [2.05, 4.69) is 44.5 Å². The lowest BCUT2D eigenvalue weighted by Gasteiger charge is -2.40. The Morgan fingerprint density at radius 1 is 1.47 bits per heavy atom. The Bertz CT molecular complexity index is 416. The maximum absolute atomic E-state index is 3.77. The molecule has 1 aromatic rings. The van der Waals surface area contributed by atoms with Gasteiger partial charge in [-0.05, 0) is 52.6 Å². The van der Waals surface area contributed by atoms with Crippen LogP contribution in [-0.4, -0.2) is 30.1 Å². The van der Waals surface area contributed by atoms with Crippen LogP contribution in [0.4, 0.5) is 0 Å². The van der Waals surface area contributed by atoms with E-state index in [0.717, 1.165) is 18.5 Å². The van der Waals surface area contributed by atoms with Gasteiger partial charge in [0.05, 0.1) is 0 Å². The van der Waals surface area contributed by atoms with Gasteiger partial charge in [0.15, 0.2) is 0 Å². The Morgan fingerprint density at radius 3 is 2.95 bits per heavy atom. The van der Waals surface area contributed by atoms with Crippen molar-refractivity contribution in [2.75, 3.05) is 13.1 Å². The molecule has 0 radical (unpaired) electrons. The Labute approximate surface area is 128 Å². The van der Waals surface area contributed by atoms with Gasteiger partial charge in [0.2, 0.25) is 0 Å². The van der Waals surface area contributed by atoms with Crippen LogP contribution < -0.4 is 5.32 Å². The fourth-order valence-corrected chi connectivity index (χ4v) is 4.69. The van der Waals surface area contributed by atoms with Crippen LogP contribution >= 0.6 is 27.3 Å². The van der Waals surface area contributed by atoms with Crippen molar-refractivity contribution in [1.29, 1.82) is 0 Å². The summed E-state index contributed by atoms with van der Waals surface area (Å²) in [6, 6.07) is 3.64. The van der Waals surface area contributed by atoms with Crippen LogP contribution in [0.3, 0.4) is 0 Å². The summed E-state index contributed by atoms with van der Waals surface area (Å²) in [4.78, 5) is 4.23. The molecular weight excluding hydrogens is 320 g/mol. The molecule has 4 heteroatoms. The van der Waals surface area contributed by atoms with Gasteiger partial charge >= 0.3 is 0 Å². The molecule has 2 fully saturated rings. The van der Waals surface area contributed by atoms with E-state index in [1.54, 1.807) is 0 Å². The fraction of sp³-hybridized carbons (Fsp3) is 0.733. The van der Waals surface area contributed by atoms with Crippen LogP contribution in [0.1, 0.15) is 37.5 Å². The average molecular weight is 343 g/mol. The first-order chi connectivity index (χ1) is 9.28. The van der Waals surface area contributed by atoms with Crippen LogP contribution in [-0.2, 0) is 6.54 Å². The Morgan fingerprint density at radius 2 is 2.32 bits per heavy atom. The predicted octanol–water partition coefficient (Wildman–Crippen LogP) is 3.86. The molecule has 1 N–H and O–H groups in total. The molecule has 0 aromatic carbocycles. The molecule has 3 rings (SSSR count). The molecule has 1 saturated heterocycles. The molecule has 0 bridgehead atoms. The number of hydrogen-bond donors (Lipinski definition) is 1. The topological polar surface area (TPSA) is 15.3 Å². The van der Waals surface area contributed by atoms with E-state index >= 15 is 0 Å². The minimum atomic E-state index is 0.693. The first-order valence-corrected chi connectivity index (χ1v) is 9.14. The second kappa shape index (κ2) is 6.25. The van der Waals surface area contributed by atoms with Crippen molar-refractivity contribution in [2.45, 2.75) is 51.2 Å². The minimum absolute atomic E-state index is 0.693. The highest BCUT2D eigenvalue weighted by atomic mass is 79.9. The van der Waals surface area contributed by atoms with Crippen LogP contribution in [0, 0.1) is 5.92 Å². The van der Waals surface area contributed by atoms with Crippen molar-refractivity contribution in [1.82, 2.24) is 10.2 Å². The standard InChI is InChI=1S/C15H23BrN2S/c1-2-3-12-9-18(10-15-13(16)6-7-19-15)14(8-17-12)11-4-5-11/h6-7,11-12,14,17H,2-5,8-10H2,1H3. The van der Waals surface area contributed by atoms with E-state index in [1.165, 1.54) is 48.1 Å². The number of thiophene rings is 1. The van der Waals surface area contributed by atoms with Gasteiger partial charge in [0.25, 0.3) is 0 Å². The van der Waals surface area contributed by atoms with Crippen LogP contribution in [0.5, 0.6) is 0 Å². The first kappa shape index (κ1) is 14.1. The van der Waals surface area contributed by atoms with Gasteiger partial charge in [0.1, 0.15) is 0 Å². The second-order valence-corrected chi connectivity index (χ2v) is 7.77. The van der Waals surface area contributed by atoms with Crippen molar-refractivity contribution in [2.24, 2.45) is 5.92 Å². The number of hydrogen-bond acceptors (Lipinski definition) is 3. The lowest BCUT2D eigenvalue weighted by Crippen LogP contribution is -2.56. The third-order valence-electron chi connectivity index (χ3n) is 4.38. The lowest BCUT2D eigenvalue weighted by molar-refractivity contribution is 0.105. The average Bonchev–Trinajstić information content (AvgIpc) is 3.16. The largest absolute Gasteiger partial charge is 0.311 e. The van der Waals surface area contributed by atoms with Gasteiger partial charge in [-0.15, -0.1) is 11.3 Å². The normalized spacial score (nSPS) is 28.7. The van der Waals surface area contributed by atoms with E-state index < -0.39 is 0 Å². The molecule has 2 nitrogen and oxygen atoms in total. The molecule has 1 aliphatic carbocycles. The summed E-state index contributed by atoms with van der Waals surface area (Å²) >= 11 is 5.56. The molecule has 19 heavy (non-hydrogen) atoms. The van der Waals surface area contributed by atoms with E-state index in [1.807, 2.05) is 11.3 Å². The summed E-state index contributed by atoms with van der Waals surface area (Å²) in [7, 11) is 0. The summed E-state index contributed by atoms with van der Waals surface area (Å²) in [6.07, 6.45) is 5.46. The minimum Gasteiger partial charge on any atom is -0.311 e. The fourth-order valence-electron chi connectivity index (χ4n) is 3.19. The molecule has 2 unspecified atom stereocenters. The van der Waals surface area contributed by atoms with Gasteiger partial charge in [-0.3, -0.25) is 4.90 Å². The number of nitrogens with one attached hydrogen (secondary N) is 1. The van der Waals surface area contributed by atoms with Crippen molar-refractivity contribution in [3.63, 3.8) is 0 Å². The zero-order chi connectivity index (χ0) is 13.2. The lowest BCUT2D eigenvalue weighted by atomic mass is 10.0. The highest BCUT2D eigenvalue weighted by Crippen LogP contribution is 2.37. The van der Waals surface area contributed by atoms with Crippen molar-refractivity contribution in [3.05, 3.63) is 20.8 Å². The van der Waals surface area contributed by atoms with Crippen molar-refractivity contribution >= 4 is 27.3 Å². The monoisotopic (exact) mass is 342 g/mol. The number of halogens is 1. The molecule has 0 amide bonds. The highest BCUT2D eigenvalue weighted by Gasteiger charge is 2.38. The van der Waals surface area contributed by atoms with E-state index in [9.17, 15) is 0 Å². The predicted molar refractivity (Wildman–Crippen MR) is 85.6 cm³/mol. The molecule has 2 heterocycles. The Hall–Kier alpha value is 0.1000. The summed E-state index contributed by atoms with van der Waals surface area (Å²) in [6.45, 7) is 5.83. The molecule has 1 aliphatic heterocycles. The first-order valence-electron chi connectivity index (χ1n) is 7.47. The molecule has 1 aromatic heterocycles. The Kier molecular flexibility index (Phi) is 4.62. The van der Waals surface area contributed by atoms with Gasteiger partial charge < -0.3 is 5.32 Å². The number of rotatable bonds is 5. The van der Waals surface area contributed by atoms with Gasteiger partial charge in [-0.25, -0.2) is 0 Å². The van der Waals surface area contributed by atoms with Crippen LogP contribution in [0.25, 0.3) is 0 Å². The summed E-state index contributed by atoms with van der Waals surface area (Å²) in [5, 5.41) is 5.96. The van der Waals surface area contributed by atoms with Crippen molar-refractivity contribution < 1.29 is 0 Å². The zero-order valence-electron chi connectivity index (χ0n) is 11.6. The third-order valence-corrected chi connectivity index (χ3v) is 6.29. The Balaban J connectivity index is 1.68. The van der Waals surface area contributed by atoms with E-state index in [4.69, 9.17) is 0 Å². The molecule has 106 valence electrons. The molecule has 2 atom stereocenters. The highest BCUT2D eigenvalue weighted by molar-refractivity contribution is 9.10. The summed E-state index contributed by atoms with van der Waals surface area (Å²) in [5.41, 5.74) is 0. The zero-order valence-corrected chi connectivity index (χ0v) is 14.0. The molecule has 0 spiro atoms. The second-order valence-electron chi connectivity index (χ2n) is 5.92. The van der Waals surface area contributed by atoms with E-state index in [-0.39, 0.29) is 0 Å². The van der Waals surface area contributed by atoms with Gasteiger partial charge in [-0.1, -0.05) is 13.3 Å². The van der Waals surface area contributed by atoms with Gasteiger partial charge in [-0.2, -0.15) is 0 Å². The maximum Gasteiger partial charge on any atom is 0.0343 e. The van der Waals surface area contributed by atoms with Crippen LogP contribution in [0.2, 0.25) is 0 Å². The van der Waals surface area contributed by atoms with E-state index in [0.29, 0.717) is 6.04 Å². The number of piperazine rings is 1. The van der Waals surface area contributed by atoms with Gasteiger partial charge in [0, 0.05) is 41.1 Å². The SMILES string of the molecule is CCCC1CN(Cc2sccc2Br)C(C2CC2)CN1. The smallest absolute Gasteiger partial charge is 0.0343 e. The number of nitrogens with zero attached hydrogens (tertiary/aromatic N) is 1. The maximum atomic E-state index is 3.77. The van der Waals surface area contributed by atoms with Crippen LogP contribution in [0.15, 0.2) is 15.9 Å². The third kappa shape index (κ3) is 3.41. The molecular formula is C15H23BrN2S. The molecule has 1 saturated carbocycles. The summed E-state index contributed by atoms with van der Waals surface area (Å²) in [5.74, 6) is 0.953.